The van der Waals surface area contributed by atoms with Gasteiger partial charge in [-0.2, -0.15) is 0 Å². The summed E-state index contributed by atoms with van der Waals surface area (Å²) in [4.78, 5) is 12.3. The van der Waals surface area contributed by atoms with Gasteiger partial charge in [-0.05, 0) is 41.8 Å². The Morgan fingerprint density at radius 3 is 2.12 bits per heavy atom. The quantitative estimate of drug-likeness (QED) is 0.432. The van der Waals surface area contributed by atoms with Crippen LogP contribution in [-0.4, -0.2) is 12.4 Å². The lowest BCUT2D eigenvalue weighted by molar-refractivity contribution is 0.104. The summed E-state index contributed by atoms with van der Waals surface area (Å²) >= 11 is 0. The van der Waals surface area contributed by atoms with Crippen LogP contribution in [0.5, 0.6) is 5.75 Å². The largest absolute Gasteiger partial charge is 0.494 e. The van der Waals surface area contributed by atoms with Crippen LogP contribution in [0, 0.1) is 0 Å². The Kier molecular flexibility index (Phi) is 5.43. The van der Waals surface area contributed by atoms with Crippen LogP contribution in [0.15, 0.2) is 84.9 Å². The number of rotatable bonds is 6. The Balaban J connectivity index is 1.68. The van der Waals surface area contributed by atoms with E-state index < -0.39 is 0 Å². The van der Waals surface area contributed by atoms with Crippen LogP contribution in [0.1, 0.15) is 22.8 Å². The minimum atomic E-state index is -0.00602. The van der Waals surface area contributed by atoms with E-state index in [9.17, 15) is 4.79 Å². The third-order valence-corrected chi connectivity index (χ3v) is 3.89. The molecule has 124 valence electrons. The summed E-state index contributed by atoms with van der Waals surface area (Å²) in [5.74, 6) is 0.830. The van der Waals surface area contributed by atoms with Crippen molar-refractivity contribution < 1.29 is 9.53 Å². The second-order valence-corrected chi connectivity index (χ2v) is 5.64. The van der Waals surface area contributed by atoms with Crippen LogP contribution in [-0.2, 0) is 0 Å². The van der Waals surface area contributed by atoms with Crippen molar-refractivity contribution >= 4 is 11.9 Å². The lowest BCUT2D eigenvalue weighted by Gasteiger charge is -2.03. The molecule has 3 aromatic carbocycles. The lowest BCUT2D eigenvalue weighted by Crippen LogP contribution is -1.94. The monoisotopic (exact) mass is 328 g/mol. The van der Waals surface area contributed by atoms with E-state index >= 15 is 0 Å². The molecule has 0 bridgehead atoms. The van der Waals surface area contributed by atoms with E-state index in [0.717, 1.165) is 22.4 Å². The van der Waals surface area contributed by atoms with Gasteiger partial charge in [-0.25, -0.2) is 0 Å². The molecule has 0 N–H and O–H groups in total. The Labute approximate surface area is 148 Å². The van der Waals surface area contributed by atoms with Gasteiger partial charge < -0.3 is 4.74 Å². The summed E-state index contributed by atoms with van der Waals surface area (Å²) in [5.41, 5.74) is 3.90. The van der Waals surface area contributed by atoms with Crippen LogP contribution in [0.3, 0.4) is 0 Å². The van der Waals surface area contributed by atoms with E-state index in [-0.39, 0.29) is 5.78 Å². The lowest BCUT2D eigenvalue weighted by atomic mass is 10.0. The topological polar surface area (TPSA) is 26.3 Å². The van der Waals surface area contributed by atoms with Crippen molar-refractivity contribution in [2.75, 3.05) is 6.61 Å². The van der Waals surface area contributed by atoms with Gasteiger partial charge in [-0.15, -0.1) is 0 Å². The fourth-order valence-electron chi connectivity index (χ4n) is 2.57. The fourth-order valence-corrected chi connectivity index (χ4v) is 2.57. The summed E-state index contributed by atoms with van der Waals surface area (Å²) in [6.07, 6.45) is 3.43. The van der Waals surface area contributed by atoms with Gasteiger partial charge in [0, 0.05) is 5.56 Å². The molecule has 0 saturated carbocycles. The first kappa shape index (κ1) is 16.7. The maximum Gasteiger partial charge on any atom is 0.185 e. The average molecular weight is 328 g/mol. The molecule has 0 aliphatic heterocycles. The standard InChI is InChI=1S/C23H20O2/c1-2-25-22-15-8-18(9-16-22)10-17-23(24)21-13-11-20(12-14-21)19-6-4-3-5-7-19/h3-17H,2H2,1H3. The highest BCUT2D eigenvalue weighted by Gasteiger charge is 2.03. The summed E-state index contributed by atoms with van der Waals surface area (Å²) in [7, 11) is 0. The number of ketones is 1. The summed E-state index contributed by atoms with van der Waals surface area (Å²) < 4.78 is 5.41. The molecule has 2 nitrogen and oxygen atoms in total. The number of hydrogen-bond acceptors (Lipinski definition) is 2. The van der Waals surface area contributed by atoms with Gasteiger partial charge in [0.15, 0.2) is 5.78 Å². The van der Waals surface area contributed by atoms with Gasteiger partial charge in [-0.1, -0.05) is 72.8 Å². The molecule has 0 spiro atoms. The highest BCUT2D eigenvalue weighted by atomic mass is 16.5. The minimum Gasteiger partial charge on any atom is -0.494 e. The minimum absolute atomic E-state index is 0.00602. The molecule has 0 unspecified atom stereocenters. The summed E-state index contributed by atoms with van der Waals surface area (Å²) in [5, 5.41) is 0. The number of benzene rings is 3. The molecule has 2 heteroatoms. The molecule has 0 aliphatic rings. The number of ether oxygens (including phenoxy) is 1. The highest BCUT2D eigenvalue weighted by molar-refractivity contribution is 6.07. The van der Waals surface area contributed by atoms with Crippen molar-refractivity contribution in [2.24, 2.45) is 0 Å². The summed E-state index contributed by atoms with van der Waals surface area (Å²) in [6, 6.07) is 25.5. The molecule has 0 aromatic heterocycles. The van der Waals surface area contributed by atoms with E-state index in [1.165, 1.54) is 0 Å². The predicted molar refractivity (Wildman–Crippen MR) is 103 cm³/mol. The first-order valence-electron chi connectivity index (χ1n) is 8.37. The zero-order chi connectivity index (χ0) is 17.5. The number of carbonyl (C=O) groups is 1. The molecule has 0 amide bonds. The molecule has 0 fully saturated rings. The van der Waals surface area contributed by atoms with Crippen LogP contribution in [0.4, 0.5) is 0 Å². The van der Waals surface area contributed by atoms with Crippen molar-refractivity contribution in [2.45, 2.75) is 6.92 Å². The smallest absolute Gasteiger partial charge is 0.185 e. The van der Waals surface area contributed by atoms with Crippen LogP contribution >= 0.6 is 0 Å². The molecular formula is C23H20O2. The van der Waals surface area contributed by atoms with Crippen LogP contribution in [0.2, 0.25) is 0 Å². The SMILES string of the molecule is CCOc1ccc(C=CC(=O)c2ccc(-c3ccccc3)cc2)cc1. The van der Waals surface area contributed by atoms with Crippen molar-refractivity contribution in [1.82, 2.24) is 0 Å². The van der Waals surface area contributed by atoms with Gasteiger partial charge in [0.2, 0.25) is 0 Å². The van der Waals surface area contributed by atoms with Crippen molar-refractivity contribution in [3.63, 3.8) is 0 Å². The molecule has 0 heterocycles. The molecule has 3 rings (SSSR count). The van der Waals surface area contributed by atoms with Gasteiger partial charge in [-0.3, -0.25) is 4.79 Å². The first-order chi connectivity index (χ1) is 12.3. The van der Waals surface area contributed by atoms with Gasteiger partial charge in [0.05, 0.1) is 6.61 Å². The zero-order valence-electron chi connectivity index (χ0n) is 14.2. The molecule has 0 atom stereocenters. The molecule has 0 aliphatic carbocycles. The maximum atomic E-state index is 12.3. The van der Waals surface area contributed by atoms with Gasteiger partial charge in [0.1, 0.15) is 5.75 Å². The van der Waals surface area contributed by atoms with Crippen molar-refractivity contribution in [3.05, 3.63) is 96.1 Å². The van der Waals surface area contributed by atoms with Gasteiger partial charge >= 0.3 is 0 Å². The normalized spacial score (nSPS) is 10.8. The second kappa shape index (κ2) is 8.11. The van der Waals surface area contributed by atoms with Crippen LogP contribution in [0.25, 0.3) is 17.2 Å². The third-order valence-electron chi connectivity index (χ3n) is 3.89. The molecule has 25 heavy (non-hydrogen) atoms. The van der Waals surface area contributed by atoms with E-state index in [1.54, 1.807) is 6.08 Å². The van der Waals surface area contributed by atoms with E-state index in [2.05, 4.69) is 12.1 Å². The Hall–Kier alpha value is -3.13. The number of carbonyl (C=O) groups excluding carboxylic acids is 1. The number of allylic oxidation sites excluding steroid dienone is 1. The van der Waals surface area contributed by atoms with Crippen LogP contribution < -0.4 is 4.74 Å². The average Bonchev–Trinajstić information content (AvgIpc) is 2.68. The zero-order valence-corrected chi connectivity index (χ0v) is 14.2. The van der Waals surface area contributed by atoms with E-state index in [1.807, 2.05) is 79.7 Å². The van der Waals surface area contributed by atoms with E-state index in [0.29, 0.717) is 12.2 Å². The Morgan fingerprint density at radius 1 is 0.840 bits per heavy atom. The summed E-state index contributed by atoms with van der Waals surface area (Å²) in [6.45, 7) is 2.60. The van der Waals surface area contributed by atoms with Crippen molar-refractivity contribution in [3.8, 4) is 16.9 Å². The Bertz CT molecular complexity index is 845. The highest BCUT2D eigenvalue weighted by Crippen LogP contribution is 2.20. The first-order valence-corrected chi connectivity index (χ1v) is 8.37. The van der Waals surface area contributed by atoms with E-state index in [4.69, 9.17) is 4.74 Å². The Morgan fingerprint density at radius 2 is 1.48 bits per heavy atom. The molecular weight excluding hydrogens is 308 g/mol. The van der Waals surface area contributed by atoms with Gasteiger partial charge in [0.25, 0.3) is 0 Å². The van der Waals surface area contributed by atoms with Crippen molar-refractivity contribution in [1.29, 1.82) is 0 Å². The fraction of sp³-hybridized carbons (Fsp3) is 0.0870. The predicted octanol–water partition coefficient (Wildman–Crippen LogP) is 5.65. The molecule has 0 radical (unpaired) electrons. The third kappa shape index (κ3) is 4.45. The maximum absolute atomic E-state index is 12.3. The second-order valence-electron chi connectivity index (χ2n) is 5.64. The number of hydrogen-bond donors (Lipinski definition) is 0. The molecule has 0 saturated heterocycles. The molecule has 3 aromatic rings.